The molecule has 1 aromatic carbocycles. The van der Waals surface area contributed by atoms with Crippen LogP contribution in [0, 0.1) is 12.7 Å². The van der Waals surface area contributed by atoms with Gasteiger partial charge in [0.15, 0.2) is 0 Å². The van der Waals surface area contributed by atoms with Gasteiger partial charge in [-0.1, -0.05) is 19.3 Å². The third kappa shape index (κ3) is 2.16. The minimum absolute atomic E-state index is 0.0402. The van der Waals surface area contributed by atoms with Crippen LogP contribution in [0.5, 0.6) is 5.75 Å². The zero-order chi connectivity index (χ0) is 12.5. The summed E-state index contributed by atoms with van der Waals surface area (Å²) in [5, 5.41) is 9.74. The molecule has 0 spiro atoms. The van der Waals surface area contributed by atoms with Crippen LogP contribution in [0.3, 0.4) is 0 Å². The standard InChI is InChI=1S/C14H20FNO/c1-10-12(15)7-11(8-13(10)17)14(9-16)5-3-2-4-6-14/h7-8,17H,2-6,9,16H2,1H3. The molecule has 1 aliphatic rings. The SMILES string of the molecule is Cc1c(O)cc(C2(CN)CCCCC2)cc1F. The highest BCUT2D eigenvalue weighted by Gasteiger charge is 2.33. The fraction of sp³-hybridized carbons (Fsp3) is 0.571. The number of hydrogen-bond acceptors (Lipinski definition) is 2. The Morgan fingerprint density at radius 3 is 2.47 bits per heavy atom. The van der Waals surface area contributed by atoms with E-state index in [1.807, 2.05) is 0 Å². The van der Waals surface area contributed by atoms with Crippen LogP contribution in [0.2, 0.25) is 0 Å². The van der Waals surface area contributed by atoms with Crippen molar-refractivity contribution in [3.05, 3.63) is 29.1 Å². The molecule has 3 heteroatoms. The number of nitrogens with two attached hydrogens (primary N) is 1. The molecule has 0 unspecified atom stereocenters. The van der Waals surface area contributed by atoms with E-state index < -0.39 is 0 Å². The second-order valence-corrected chi connectivity index (χ2v) is 5.15. The highest BCUT2D eigenvalue weighted by molar-refractivity contribution is 5.40. The molecule has 0 heterocycles. The van der Waals surface area contributed by atoms with Gasteiger partial charge in [0.25, 0.3) is 0 Å². The lowest BCUT2D eigenvalue weighted by atomic mass is 9.69. The van der Waals surface area contributed by atoms with E-state index in [-0.39, 0.29) is 17.0 Å². The zero-order valence-electron chi connectivity index (χ0n) is 10.3. The average Bonchev–Trinajstić information content (AvgIpc) is 2.36. The van der Waals surface area contributed by atoms with Crippen molar-refractivity contribution in [3.63, 3.8) is 0 Å². The summed E-state index contributed by atoms with van der Waals surface area (Å²) in [4.78, 5) is 0. The van der Waals surface area contributed by atoms with Gasteiger partial charge in [0, 0.05) is 17.5 Å². The molecule has 1 fully saturated rings. The predicted octanol–water partition coefficient (Wildman–Crippen LogP) is 3.00. The average molecular weight is 237 g/mol. The van der Waals surface area contributed by atoms with Gasteiger partial charge in [-0.3, -0.25) is 0 Å². The molecule has 0 aromatic heterocycles. The number of aromatic hydroxyl groups is 1. The topological polar surface area (TPSA) is 46.2 Å². The van der Waals surface area contributed by atoms with Crippen molar-refractivity contribution in [3.8, 4) is 5.75 Å². The predicted molar refractivity (Wildman–Crippen MR) is 66.6 cm³/mol. The van der Waals surface area contributed by atoms with Gasteiger partial charge in [-0.25, -0.2) is 4.39 Å². The van der Waals surface area contributed by atoms with Gasteiger partial charge < -0.3 is 10.8 Å². The smallest absolute Gasteiger partial charge is 0.130 e. The lowest BCUT2D eigenvalue weighted by molar-refractivity contribution is 0.298. The fourth-order valence-corrected chi connectivity index (χ4v) is 2.81. The van der Waals surface area contributed by atoms with Gasteiger partial charge in [0.05, 0.1) is 0 Å². The Labute approximate surface area is 102 Å². The molecule has 3 N–H and O–H groups in total. The van der Waals surface area contributed by atoms with Crippen molar-refractivity contribution in [2.24, 2.45) is 5.73 Å². The van der Waals surface area contributed by atoms with E-state index in [4.69, 9.17) is 5.73 Å². The molecule has 0 atom stereocenters. The summed E-state index contributed by atoms with van der Waals surface area (Å²) in [6.07, 6.45) is 5.47. The van der Waals surface area contributed by atoms with Crippen molar-refractivity contribution in [1.29, 1.82) is 0 Å². The Morgan fingerprint density at radius 1 is 1.29 bits per heavy atom. The van der Waals surface area contributed by atoms with Crippen LogP contribution in [0.1, 0.15) is 43.2 Å². The number of phenolic OH excluding ortho intramolecular Hbond substituents is 1. The molecular weight excluding hydrogens is 217 g/mol. The minimum Gasteiger partial charge on any atom is -0.508 e. The number of benzene rings is 1. The number of phenols is 1. The van der Waals surface area contributed by atoms with Crippen molar-refractivity contribution in [2.75, 3.05) is 6.54 Å². The van der Waals surface area contributed by atoms with Gasteiger partial charge in [-0.15, -0.1) is 0 Å². The van der Waals surface area contributed by atoms with Crippen molar-refractivity contribution in [2.45, 2.75) is 44.4 Å². The first-order valence-corrected chi connectivity index (χ1v) is 6.29. The van der Waals surface area contributed by atoms with Crippen LogP contribution in [-0.2, 0) is 5.41 Å². The van der Waals surface area contributed by atoms with Crippen LogP contribution < -0.4 is 5.73 Å². The second kappa shape index (κ2) is 4.65. The van der Waals surface area contributed by atoms with Crippen molar-refractivity contribution < 1.29 is 9.50 Å². The summed E-state index contributed by atoms with van der Waals surface area (Å²) >= 11 is 0. The second-order valence-electron chi connectivity index (χ2n) is 5.15. The molecule has 0 radical (unpaired) electrons. The quantitative estimate of drug-likeness (QED) is 0.830. The van der Waals surface area contributed by atoms with E-state index in [2.05, 4.69) is 0 Å². The molecule has 94 valence electrons. The summed E-state index contributed by atoms with van der Waals surface area (Å²) in [5.74, 6) is -0.295. The maximum Gasteiger partial charge on any atom is 0.130 e. The van der Waals surface area contributed by atoms with Gasteiger partial charge >= 0.3 is 0 Å². The minimum atomic E-state index is -0.335. The molecule has 1 aromatic rings. The van der Waals surface area contributed by atoms with Gasteiger partial charge in [-0.05, 0) is 37.5 Å². The summed E-state index contributed by atoms with van der Waals surface area (Å²) in [6, 6.07) is 3.24. The molecule has 0 amide bonds. The van der Waals surface area contributed by atoms with Crippen LogP contribution >= 0.6 is 0 Å². The lowest BCUT2D eigenvalue weighted by Gasteiger charge is -2.37. The van der Waals surface area contributed by atoms with Gasteiger partial charge in [0.2, 0.25) is 0 Å². The molecule has 0 saturated heterocycles. The third-order valence-electron chi connectivity index (χ3n) is 4.13. The number of hydrogen-bond donors (Lipinski definition) is 2. The van der Waals surface area contributed by atoms with E-state index >= 15 is 0 Å². The van der Waals surface area contributed by atoms with Gasteiger partial charge in [0.1, 0.15) is 11.6 Å². The van der Waals surface area contributed by atoms with E-state index in [9.17, 15) is 9.50 Å². The Kier molecular flexibility index (Phi) is 3.38. The lowest BCUT2D eigenvalue weighted by Crippen LogP contribution is -2.37. The number of halogens is 1. The summed E-state index contributed by atoms with van der Waals surface area (Å²) in [7, 11) is 0. The monoisotopic (exact) mass is 237 g/mol. The van der Waals surface area contributed by atoms with Crippen molar-refractivity contribution in [1.82, 2.24) is 0 Å². The van der Waals surface area contributed by atoms with Crippen molar-refractivity contribution >= 4 is 0 Å². The van der Waals surface area contributed by atoms with E-state index in [1.54, 1.807) is 19.1 Å². The van der Waals surface area contributed by atoms with E-state index in [1.165, 1.54) is 6.42 Å². The highest BCUT2D eigenvalue weighted by atomic mass is 19.1. The first-order chi connectivity index (χ1) is 8.09. The maximum atomic E-state index is 13.7. The van der Waals surface area contributed by atoms with Gasteiger partial charge in [-0.2, -0.15) is 0 Å². The van der Waals surface area contributed by atoms with Crippen LogP contribution in [0.25, 0.3) is 0 Å². The molecular formula is C14H20FNO. The normalized spacial score (nSPS) is 19.2. The number of rotatable bonds is 2. The van der Waals surface area contributed by atoms with E-state index in [0.717, 1.165) is 31.2 Å². The molecule has 2 nitrogen and oxygen atoms in total. The van der Waals surface area contributed by atoms with E-state index in [0.29, 0.717) is 12.1 Å². The Bertz CT molecular complexity index is 388. The zero-order valence-corrected chi connectivity index (χ0v) is 10.3. The van der Waals surface area contributed by atoms with Crippen LogP contribution in [-0.4, -0.2) is 11.7 Å². The first-order valence-electron chi connectivity index (χ1n) is 6.29. The molecule has 1 saturated carbocycles. The molecule has 1 aliphatic carbocycles. The molecule has 0 bridgehead atoms. The van der Waals surface area contributed by atoms with Crippen LogP contribution in [0.15, 0.2) is 12.1 Å². The maximum absolute atomic E-state index is 13.7. The highest BCUT2D eigenvalue weighted by Crippen LogP contribution is 2.40. The molecule has 2 rings (SSSR count). The Hall–Kier alpha value is -1.09. The Morgan fingerprint density at radius 2 is 1.94 bits per heavy atom. The largest absolute Gasteiger partial charge is 0.508 e. The fourth-order valence-electron chi connectivity index (χ4n) is 2.81. The molecule has 17 heavy (non-hydrogen) atoms. The first kappa shape index (κ1) is 12.4. The molecule has 0 aliphatic heterocycles. The summed E-state index contributed by atoms with van der Waals surface area (Å²) in [6.45, 7) is 2.11. The summed E-state index contributed by atoms with van der Waals surface area (Å²) in [5.41, 5.74) is 6.95. The third-order valence-corrected chi connectivity index (χ3v) is 4.13. The summed E-state index contributed by atoms with van der Waals surface area (Å²) < 4.78 is 13.7. The van der Waals surface area contributed by atoms with Crippen LogP contribution in [0.4, 0.5) is 4.39 Å². The Balaban J connectivity index is 2.43.